The Morgan fingerprint density at radius 3 is 2.80 bits per heavy atom. The number of ether oxygens (including phenoxy) is 1. The molecule has 3 saturated heterocycles. The molecule has 3 fully saturated rings. The number of aliphatic hydroxyl groups is 1. The van der Waals surface area contributed by atoms with Gasteiger partial charge in [-0.05, 0) is 78.0 Å². The molecule has 3 heterocycles. The summed E-state index contributed by atoms with van der Waals surface area (Å²) in [6.07, 6.45) is 5.80. The highest BCUT2D eigenvalue weighted by Crippen LogP contribution is 2.27. The van der Waals surface area contributed by atoms with E-state index in [0.29, 0.717) is 31.1 Å². The Morgan fingerprint density at radius 1 is 1.23 bits per heavy atom. The number of nitrogens with zero attached hydrogens (tertiary/aromatic N) is 1. The number of hydrogen-bond donors (Lipinski definition) is 5. The second-order valence-electron chi connectivity index (χ2n) is 9.42. The molecule has 0 saturated carbocycles. The fourth-order valence-corrected chi connectivity index (χ4v) is 4.95. The molecule has 0 aromatic carbocycles. The number of fused-ring (bicyclic) bond motifs is 1. The molecule has 0 bridgehead atoms. The third-order valence-electron chi connectivity index (χ3n) is 7.07. The van der Waals surface area contributed by atoms with E-state index in [1.165, 1.54) is 6.42 Å². The maximum absolute atomic E-state index is 12.3. The number of rotatable bonds is 10. The highest BCUT2D eigenvalue weighted by Gasteiger charge is 2.35. The van der Waals surface area contributed by atoms with Crippen LogP contribution in [0.5, 0.6) is 0 Å². The van der Waals surface area contributed by atoms with E-state index in [4.69, 9.17) is 4.74 Å². The summed E-state index contributed by atoms with van der Waals surface area (Å²) in [6.45, 7) is 7.77. The van der Waals surface area contributed by atoms with Crippen LogP contribution in [0.2, 0.25) is 0 Å². The van der Waals surface area contributed by atoms with Gasteiger partial charge in [-0.15, -0.1) is 0 Å². The number of β-amino-alcohol motifs (C(OH)–C–C–N with tert-alkyl or cyclic N) is 1. The van der Waals surface area contributed by atoms with Crippen molar-refractivity contribution in [3.8, 4) is 0 Å². The van der Waals surface area contributed by atoms with Crippen molar-refractivity contribution >= 4 is 5.91 Å². The molecule has 0 aliphatic carbocycles. The lowest BCUT2D eigenvalue weighted by atomic mass is 9.84. The Morgan fingerprint density at radius 2 is 2.03 bits per heavy atom. The van der Waals surface area contributed by atoms with Crippen LogP contribution >= 0.6 is 0 Å². The SMILES string of the molecule is CNC(C)CCOC1CCC2CN(C[C@@H](O)CNC(=O)C3CCNCC3)CCC2N1. The third-order valence-corrected chi connectivity index (χ3v) is 7.07. The Kier molecular flexibility index (Phi) is 9.80. The van der Waals surface area contributed by atoms with Crippen molar-refractivity contribution in [1.29, 1.82) is 0 Å². The van der Waals surface area contributed by atoms with Gasteiger partial charge < -0.3 is 30.7 Å². The third kappa shape index (κ3) is 7.43. The molecule has 8 heteroatoms. The smallest absolute Gasteiger partial charge is 0.223 e. The second-order valence-corrected chi connectivity index (χ2v) is 9.42. The van der Waals surface area contributed by atoms with Gasteiger partial charge in [0.15, 0.2) is 0 Å². The van der Waals surface area contributed by atoms with E-state index in [9.17, 15) is 9.90 Å². The predicted octanol–water partition coefficient (Wildman–Crippen LogP) is -0.122. The van der Waals surface area contributed by atoms with Gasteiger partial charge in [-0.2, -0.15) is 0 Å². The summed E-state index contributed by atoms with van der Waals surface area (Å²) >= 11 is 0. The second kappa shape index (κ2) is 12.3. The van der Waals surface area contributed by atoms with Gasteiger partial charge in [-0.1, -0.05) is 0 Å². The first-order valence-electron chi connectivity index (χ1n) is 12.0. The molecule has 0 radical (unpaired) electrons. The fraction of sp³-hybridized carbons (Fsp3) is 0.955. The summed E-state index contributed by atoms with van der Waals surface area (Å²) in [6, 6.07) is 0.999. The summed E-state index contributed by atoms with van der Waals surface area (Å²) in [5, 5.41) is 23.6. The maximum atomic E-state index is 12.3. The van der Waals surface area contributed by atoms with Gasteiger partial charge in [0.1, 0.15) is 6.23 Å². The van der Waals surface area contributed by atoms with Crippen molar-refractivity contribution in [2.45, 2.75) is 69.9 Å². The van der Waals surface area contributed by atoms with Gasteiger partial charge in [0.25, 0.3) is 0 Å². The average Bonchev–Trinajstić information content (AvgIpc) is 2.78. The highest BCUT2D eigenvalue weighted by molar-refractivity contribution is 5.78. The molecule has 8 nitrogen and oxygen atoms in total. The van der Waals surface area contributed by atoms with E-state index in [2.05, 4.69) is 33.1 Å². The molecule has 3 rings (SSSR count). The quantitative estimate of drug-likeness (QED) is 0.333. The Labute approximate surface area is 181 Å². The molecule has 5 N–H and O–H groups in total. The van der Waals surface area contributed by atoms with E-state index in [0.717, 1.165) is 64.9 Å². The highest BCUT2D eigenvalue weighted by atomic mass is 16.5. The molecule has 1 amide bonds. The van der Waals surface area contributed by atoms with E-state index in [1.807, 2.05) is 7.05 Å². The molecule has 174 valence electrons. The van der Waals surface area contributed by atoms with Crippen molar-refractivity contribution in [3.05, 3.63) is 0 Å². The first-order valence-corrected chi connectivity index (χ1v) is 12.0. The van der Waals surface area contributed by atoms with Crippen molar-refractivity contribution in [2.75, 3.05) is 52.9 Å². The molecular formula is C22H43N5O3. The van der Waals surface area contributed by atoms with Crippen molar-refractivity contribution < 1.29 is 14.6 Å². The van der Waals surface area contributed by atoms with E-state index >= 15 is 0 Å². The zero-order valence-electron chi connectivity index (χ0n) is 18.9. The van der Waals surface area contributed by atoms with Crippen LogP contribution in [0.1, 0.15) is 45.4 Å². The fourth-order valence-electron chi connectivity index (χ4n) is 4.95. The first-order chi connectivity index (χ1) is 14.5. The normalized spacial score (nSPS) is 30.4. The van der Waals surface area contributed by atoms with Crippen LogP contribution in [0.15, 0.2) is 0 Å². The molecule has 0 aromatic heterocycles. The minimum absolute atomic E-state index is 0.0964. The van der Waals surface area contributed by atoms with Crippen LogP contribution in [-0.2, 0) is 9.53 Å². The number of carbonyl (C=O) groups is 1. The van der Waals surface area contributed by atoms with Crippen LogP contribution in [0.25, 0.3) is 0 Å². The minimum Gasteiger partial charge on any atom is -0.390 e. The minimum atomic E-state index is -0.506. The number of nitrogens with one attached hydrogen (secondary N) is 4. The average molecular weight is 426 g/mol. The predicted molar refractivity (Wildman–Crippen MR) is 118 cm³/mol. The monoisotopic (exact) mass is 425 g/mol. The Bertz CT molecular complexity index is 517. The van der Waals surface area contributed by atoms with Crippen LogP contribution in [-0.4, -0.2) is 93.3 Å². The largest absolute Gasteiger partial charge is 0.390 e. The Hall–Kier alpha value is -0.770. The molecular weight excluding hydrogens is 382 g/mol. The number of hydrogen-bond acceptors (Lipinski definition) is 7. The molecule has 3 aliphatic rings. The number of likely N-dealkylation sites (tertiary alicyclic amines) is 1. The van der Waals surface area contributed by atoms with Gasteiger partial charge in [0.2, 0.25) is 5.91 Å². The van der Waals surface area contributed by atoms with Gasteiger partial charge in [-0.25, -0.2) is 0 Å². The number of aliphatic hydroxyl groups excluding tert-OH is 1. The van der Waals surface area contributed by atoms with Crippen LogP contribution in [0, 0.1) is 11.8 Å². The summed E-state index contributed by atoms with van der Waals surface area (Å²) < 4.78 is 6.05. The number of amides is 1. The first kappa shape index (κ1) is 23.9. The zero-order valence-corrected chi connectivity index (χ0v) is 18.9. The summed E-state index contributed by atoms with van der Waals surface area (Å²) in [7, 11) is 1.99. The van der Waals surface area contributed by atoms with Crippen LogP contribution in [0.3, 0.4) is 0 Å². The lowest BCUT2D eigenvalue weighted by Crippen LogP contribution is -2.57. The molecule has 3 aliphatic heterocycles. The lowest BCUT2D eigenvalue weighted by Gasteiger charge is -2.44. The lowest BCUT2D eigenvalue weighted by molar-refractivity contribution is -0.126. The van der Waals surface area contributed by atoms with Gasteiger partial charge in [0.05, 0.1) is 12.7 Å². The van der Waals surface area contributed by atoms with Crippen molar-refractivity contribution in [2.24, 2.45) is 11.8 Å². The van der Waals surface area contributed by atoms with Crippen molar-refractivity contribution in [3.63, 3.8) is 0 Å². The molecule has 0 spiro atoms. The van der Waals surface area contributed by atoms with E-state index in [-0.39, 0.29) is 18.1 Å². The molecule has 5 atom stereocenters. The number of piperidine rings is 3. The summed E-state index contributed by atoms with van der Waals surface area (Å²) in [5.41, 5.74) is 0. The van der Waals surface area contributed by atoms with Crippen molar-refractivity contribution in [1.82, 2.24) is 26.2 Å². The zero-order chi connectivity index (χ0) is 21.3. The molecule has 4 unspecified atom stereocenters. The Balaban J connectivity index is 1.31. The van der Waals surface area contributed by atoms with Gasteiger partial charge >= 0.3 is 0 Å². The maximum Gasteiger partial charge on any atom is 0.223 e. The van der Waals surface area contributed by atoms with Gasteiger partial charge in [-0.3, -0.25) is 10.1 Å². The summed E-state index contributed by atoms with van der Waals surface area (Å²) in [5.74, 6) is 0.811. The topological polar surface area (TPSA) is 97.9 Å². The van der Waals surface area contributed by atoms with E-state index < -0.39 is 6.10 Å². The van der Waals surface area contributed by atoms with Gasteiger partial charge in [0, 0.05) is 37.6 Å². The standard InChI is InChI=1S/C22H43N5O3/c1-16(23-2)8-12-30-21-4-3-18-14-27(11-7-20(18)26-21)15-19(28)13-25-22(29)17-5-9-24-10-6-17/h16-21,23-24,26,28H,3-15H2,1-2H3,(H,25,29)/t16?,18?,19-,20?,21?/m0/s1. The molecule has 0 aromatic rings. The van der Waals surface area contributed by atoms with E-state index in [1.54, 1.807) is 0 Å². The molecule has 30 heavy (non-hydrogen) atoms. The number of carbonyl (C=O) groups excluding carboxylic acids is 1. The van der Waals surface area contributed by atoms with Crippen LogP contribution < -0.4 is 21.3 Å². The van der Waals surface area contributed by atoms with Crippen LogP contribution in [0.4, 0.5) is 0 Å². The summed E-state index contributed by atoms with van der Waals surface area (Å²) in [4.78, 5) is 14.6.